The van der Waals surface area contributed by atoms with Crippen LogP contribution in [0.1, 0.15) is 5.69 Å². The van der Waals surface area contributed by atoms with E-state index in [0.29, 0.717) is 19.7 Å². The molecular weight excluding hydrogens is 315 g/mol. The summed E-state index contributed by atoms with van der Waals surface area (Å²) in [5, 5.41) is 10.9. The van der Waals surface area contributed by atoms with E-state index in [0.717, 1.165) is 10.2 Å². The Labute approximate surface area is 118 Å². The molecule has 0 amide bonds. The predicted octanol–water partition coefficient (Wildman–Crippen LogP) is 1.98. The molecular formula is C12H14BrFN4O. The van der Waals surface area contributed by atoms with Gasteiger partial charge in [-0.2, -0.15) is 0 Å². The third kappa shape index (κ3) is 4.00. The zero-order valence-electron chi connectivity index (χ0n) is 10.4. The Morgan fingerprint density at radius 3 is 3.11 bits per heavy atom. The lowest BCUT2D eigenvalue weighted by molar-refractivity contribution is 0.276. The van der Waals surface area contributed by atoms with Gasteiger partial charge in [0.1, 0.15) is 6.61 Å². The SMILES string of the molecule is CNCc1cn(CCOc2cc(Br)ccc2F)nn1. The molecule has 0 atom stereocenters. The summed E-state index contributed by atoms with van der Waals surface area (Å²) in [5.41, 5.74) is 0.858. The first kappa shape index (κ1) is 14.0. The number of aromatic nitrogens is 3. The van der Waals surface area contributed by atoms with Crippen LogP contribution in [0.4, 0.5) is 4.39 Å². The number of hydrogen-bond acceptors (Lipinski definition) is 4. The molecule has 7 heteroatoms. The molecule has 1 heterocycles. The zero-order valence-corrected chi connectivity index (χ0v) is 12.0. The Bertz CT molecular complexity index is 546. The third-order valence-corrected chi connectivity index (χ3v) is 2.91. The van der Waals surface area contributed by atoms with E-state index in [9.17, 15) is 4.39 Å². The van der Waals surface area contributed by atoms with Crippen LogP contribution in [0.3, 0.4) is 0 Å². The van der Waals surface area contributed by atoms with Crippen LogP contribution in [0.15, 0.2) is 28.9 Å². The average Bonchev–Trinajstić information content (AvgIpc) is 2.82. The minimum absolute atomic E-state index is 0.227. The van der Waals surface area contributed by atoms with Gasteiger partial charge >= 0.3 is 0 Å². The second-order valence-corrected chi connectivity index (χ2v) is 4.84. The highest BCUT2D eigenvalue weighted by atomic mass is 79.9. The second-order valence-electron chi connectivity index (χ2n) is 3.93. The summed E-state index contributed by atoms with van der Waals surface area (Å²) in [6.45, 7) is 1.51. The first-order valence-electron chi connectivity index (χ1n) is 5.80. The monoisotopic (exact) mass is 328 g/mol. The number of rotatable bonds is 6. The van der Waals surface area contributed by atoms with Gasteiger partial charge in [-0.15, -0.1) is 5.10 Å². The molecule has 0 saturated carbocycles. The number of nitrogens with zero attached hydrogens (tertiary/aromatic N) is 3. The van der Waals surface area contributed by atoms with Gasteiger partial charge in [0.15, 0.2) is 11.6 Å². The molecule has 5 nitrogen and oxygen atoms in total. The van der Waals surface area contributed by atoms with Gasteiger partial charge in [0.2, 0.25) is 0 Å². The molecule has 0 unspecified atom stereocenters. The van der Waals surface area contributed by atoms with Gasteiger partial charge in [0, 0.05) is 17.2 Å². The summed E-state index contributed by atoms with van der Waals surface area (Å²) >= 11 is 3.27. The lowest BCUT2D eigenvalue weighted by Gasteiger charge is -2.07. The molecule has 1 aromatic carbocycles. The normalized spacial score (nSPS) is 10.7. The summed E-state index contributed by atoms with van der Waals surface area (Å²) in [6.07, 6.45) is 1.83. The van der Waals surface area contributed by atoms with Crippen molar-refractivity contribution < 1.29 is 9.13 Å². The van der Waals surface area contributed by atoms with E-state index in [-0.39, 0.29) is 11.6 Å². The van der Waals surface area contributed by atoms with Crippen molar-refractivity contribution in [1.82, 2.24) is 20.3 Å². The maximum atomic E-state index is 13.4. The van der Waals surface area contributed by atoms with Gasteiger partial charge in [-0.1, -0.05) is 21.1 Å². The molecule has 2 rings (SSSR count). The molecule has 1 aromatic heterocycles. The third-order valence-electron chi connectivity index (χ3n) is 2.42. The van der Waals surface area contributed by atoms with Gasteiger partial charge in [0.25, 0.3) is 0 Å². The number of nitrogens with one attached hydrogen (secondary N) is 1. The maximum absolute atomic E-state index is 13.4. The Hall–Kier alpha value is -1.47. The Kier molecular flexibility index (Phi) is 4.86. The molecule has 2 aromatic rings. The number of halogens is 2. The summed E-state index contributed by atoms with van der Waals surface area (Å²) in [5.74, 6) is -0.150. The van der Waals surface area contributed by atoms with Crippen LogP contribution in [0.5, 0.6) is 5.75 Å². The van der Waals surface area contributed by atoms with Crippen LogP contribution < -0.4 is 10.1 Å². The van der Waals surface area contributed by atoms with Crippen LogP contribution in [-0.4, -0.2) is 28.6 Å². The smallest absolute Gasteiger partial charge is 0.165 e. The summed E-state index contributed by atoms with van der Waals surface area (Å²) in [7, 11) is 1.85. The Morgan fingerprint density at radius 1 is 1.47 bits per heavy atom. The summed E-state index contributed by atoms with van der Waals surface area (Å²) in [6, 6.07) is 4.59. The van der Waals surface area contributed by atoms with Crippen molar-refractivity contribution in [2.24, 2.45) is 0 Å². The summed E-state index contributed by atoms with van der Waals surface area (Å²) in [4.78, 5) is 0. The van der Waals surface area contributed by atoms with E-state index in [4.69, 9.17) is 4.74 Å². The largest absolute Gasteiger partial charge is 0.489 e. The van der Waals surface area contributed by atoms with Gasteiger partial charge in [0.05, 0.1) is 12.2 Å². The molecule has 0 radical (unpaired) electrons. The van der Waals surface area contributed by atoms with Gasteiger partial charge in [-0.05, 0) is 25.2 Å². The van der Waals surface area contributed by atoms with E-state index in [2.05, 4.69) is 31.6 Å². The topological polar surface area (TPSA) is 52.0 Å². The van der Waals surface area contributed by atoms with Gasteiger partial charge in [-0.25, -0.2) is 9.07 Å². The fraction of sp³-hybridized carbons (Fsp3) is 0.333. The number of hydrogen-bond donors (Lipinski definition) is 1. The minimum Gasteiger partial charge on any atom is -0.489 e. The first-order valence-corrected chi connectivity index (χ1v) is 6.60. The van der Waals surface area contributed by atoms with E-state index >= 15 is 0 Å². The highest BCUT2D eigenvalue weighted by Crippen LogP contribution is 2.22. The van der Waals surface area contributed by atoms with E-state index in [1.165, 1.54) is 6.07 Å². The highest BCUT2D eigenvalue weighted by molar-refractivity contribution is 9.10. The zero-order chi connectivity index (χ0) is 13.7. The average molecular weight is 329 g/mol. The molecule has 19 heavy (non-hydrogen) atoms. The molecule has 102 valence electrons. The van der Waals surface area contributed by atoms with Crippen molar-refractivity contribution in [2.45, 2.75) is 13.1 Å². The Morgan fingerprint density at radius 2 is 2.32 bits per heavy atom. The van der Waals surface area contributed by atoms with Gasteiger partial charge < -0.3 is 10.1 Å². The van der Waals surface area contributed by atoms with Crippen LogP contribution in [0.25, 0.3) is 0 Å². The van der Waals surface area contributed by atoms with E-state index < -0.39 is 0 Å². The highest BCUT2D eigenvalue weighted by Gasteiger charge is 2.04. The molecule has 0 spiro atoms. The molecule has 0 saturated heterocycles. The first-order chi connectivity index (χ1) is 9.19. The van der Waals surface area contributed by atoms with Crippen molar-refractivity contribution in [3.63, 3.8) is 0 Å². The molecule has 0 fully saturated rings. The van der Waals surface area contributed by atoms with Crippen LogP contribution in [-0.2, 0) is 13.1 Å². The van der Waals surface area contributed by atoms with Crippen molar-refractivity contribution in [2.75, 3.05) is 13.7 Å². The second kappa shape index (κ2) is 6.63. The van der Waals surface area contributed by atoms with Crippen molar-refractivity contribution in [1.29, 1.82) is 0 Å². The molecule has 1 N–H and O–H groups in total. The summed E-state index contributed by atoms with van der Waals surface area (Å²) < 4.78 is 21.2. The Balaban J connectivity index is 1.87. The van der Waals surface area contributed by atoms with Crippen molar-refractivity contribution >= 4 is 15.9 Å². The lowest BCUT2D eigenvalue weighted by Crippen LogP contribution is -2.09. The van der Waals surface area contributed by atoms with Crippen molar-refractivity contribution in [3.05, 3.63) is 40.4 Å². The van der Waals surface area contributed by atoms with Gasteiger partial charge in [-0.3, -0.25) is 0 Å². The fourth-order valence-electron chi connectivity index (χ4n) is 1.55. The fourth-order valence-corrected chi connectivity index (χ4v) is 1.89. The van der Waals surface area contributed by atoms with Crippen LogP contribution in [0.2, 0.25) is 0 Å². The standard InChI is InChI=1S/C12H14BrFN4O/c1-15-7-10-8-18(17-16-10)4-5-19-12-6-9(13)2-3-11(12)14/h2-3,6,8,15H,4-5,7H2,1H3. The quantitative estimate of drug-likeness (QED) is 0.881. The minimum atomic E-state index is -0.377. The van der Waals surface area contributed by atoms with E-state index in [1.54, 1.807) is 16.8 Å². The predicted molar refractivity (Wildman–Crippen MR) is 72.4 cm³/mol. The van der Waals surface area contributed by atoms with Crippen molar-refractivity contribution in [3.8, 4) is 5.75 Å². The maximum Gasteiger partial charge on any atom is 0.165 e. The lowest BCUT2D eigenvalue weighted by atomic mass is 10.3. The molecule has 0 bridgehead atoms. The van der Waals surface area contributed by atoms with E-state index in [1.807, 2.05) is 13.2 Å². The molecule has 0 aliphatic rings. The number of ether oxygens (including phenoxy) is 1. The van der Waals surface area contributed by atoms with Crippen LogP contribution >= 0.6 is 15.9 Å². The number of benzene rings is 1. The van der Waals surface area contributed by atoms with Crippen LogP contribution in [0, 0.1) is 5.82 Å². The molecule has 0 aliphatic heterocycles. The molecule has 0 aliphatic carbocycles.